The van der Waals surface area contributed by atoms with Crippen molar-refractivity contribution in [3.05, 3.63) is 28.6 Å². The maximum atomic E-state index is 11.3. The topological polar surface area (TPSA) is 76.3 Å². The first kappa shape index (κ1) is 12.5. The van der Waals surface area contributed by atoms with Crippen molar-refractivity contribution in [1.82, 2.24) is 4.98 Å². The number of anilines is 1. The van der Waals surface area contributed by atoms with Gasteiger partial charge in [0, 0.05) is 25.2 Å². The molecule has 1 aromatic heterocycles. The van der Waals surface area contributed by atoms with E-state index in [-0.39, 0.29) is 17.4 Å². The van der Waals surface area contributed by atoms with Gasteiger partial charge in [-0.15, -0.1) is 0 Å². The van der Waals surface area contributed by atoms with Gasteiger partial charge in [-0.2, -0.15) is 0 Å². The summed E-state index contributed by atoms with van der Waals surface area (Å²) < 4.78 is 0. The van der Waals surface area contributed by atoms with Gasteiger partial charge in [0.05, 0.1) is 4.92 Å². The maximum Gasteiger partial charge on any atom is 0.310 e. The van der Waals surface area contributed by atoms with Gasteiger partial charge in [-0.1, -0.05) is 0 Å². The lowest BCUT2D eigenvalue weighted by Gasteiger charge is -2.32. The number of hydrogen-bond acceptors (Lipinski definition) is 5. The number of rotatable bonds is 3. The van der Waals surface area contributed by atoms with Crippen molar-refractivity contribution in [2.75, 3.05) is 18.0 Å². The molecule has 6 heteroatoms. The van der Waals surface area contributed by atoms with Crippen LogP contribution in [-0.4, -0.2) is 28.8 Å². The highest BCUT2D eigenvalue weighted by molar-refractivity contribution is 5.78. The summed E-state index contributed by atoms with van der Waals surface area (Å²) in [5, 5.41) is 10.9. The van der Waals surface area contributed by atoms with Crippen LogP contribution in [0.25, 0.3) is 0 Å². The van der Waals surface area contributed by atoms with Crippen molar-refractivity contribution in [3.8, 4) is 0 Å². The summed E-state index contributed by atoms with van der Waals surface area (Å²) in [5.41, 5.74) is 0.621. The molecule has 1 aliphatic heterocycles. The van der Waals surface area contributed by atoms with Crippen molar-refractivity contribution in [2.45, 2.75) is 19.8 Å². The van der Waals surface area contributed by atoms with Crippen molar-refractivity contribution in [2.24, 2.45) is 5.92 Å². The maximum absolute atomic E-state index is 11.3. The molecule has 0 N–H and O–H groups in total. The Labute approximate surface area is 105 Å². The second-order valence-electron chi connectivity index (χ2n) is 4.49. The molecule has 0 amide bonds. The van der Waals surface area contributed by atoms with Crippen LogP contribution in [0, 0.1) is 16.0 Å². The van der Waals surface area contributed by atoms with Gasteiger partial charge in [0.15, 0.2) is 0 Å². The van der Waals surface area contributed by atoms with Crippen LogP contribution in [0.2, 0.25) is 0 Å². The van der Waals surface area contributed by atoms with E-state index in [0.717, 1.165) is 12.8 Å². The molecule has 0 aromatic carbocycles. The van der Waals surface area contributed by atoms with Gasteiger partial charge < -0.3 is 4.90 Å². The molecule has 0 radical (unpaired) electrons. The second kappa shape index (κ2) is 5.12. The number of piperidine rings is 1. The SMILES string of the molecule is CC(=O)C1CCN(c2ccncc2[N+](=O)[O-])CC1. The fraction of sp³-hybridized carbons (Fsp3) is 0.500. The Morgan fingerprint density at radius 3 is 2.72 bits per heavy atom. The molecule has 18 heavy (non-hydrogen) atoms. The van der Waals surface area contributed by atoms with E-state index in [0.29, 0.717) is 18.8 Å². The largest absolute Gasteiger partial charge is 0.366 e. The van der Waals surface area contributed by atoms with Crippen LogP contribution in [0.5, 0.6) is 0 Å². The summed E-state index contributed by atoms with van der Waals surface area (Å²) in [4.78, 5) is 27.5. The van der Waals surface area contributed by atoms with Crippen LogP contribution in [0.15, 0.2) is 18.5 Å². The van der Waals surface area contributed by atoms with Crippen LogP contribution in [0.1, 0.15) is 19.8 Å². The zero-order valence-electron chi connectivity index (χ0n) is 10.2. The molecule has 2 rings (SSSR count). The molecule has 0 aliphatic carbocycles. The fourth-order valence-electron chi connectivity index (χ4n) is 2.31. The van der Waals surface area contributed by atoms with Crippen molar-refractivity contribution >= 4 is 17.2 Å². The third-order valence-electron chi connectivity index (χ3n) is 3.38. The highest BCUT2D eigenvalue weighted by atomic mass is 16.6. The highest BCUT2D eigenvalue weighted by Crippen LogP contribution is 2.30. The summed E-state index contributed by atoms with van der Waals surface area (Å²) in [7, 11) is 0. The summed E-state index contributed by atoms with van der Waals surface area (Å²) in [6, 6.07) is 1.66. The van der Waals surface area contributed by atoms with E-state index in [9.17, 15) is 14.9 Å². The van der Waals surface area contributed by atoms with Gasteiger partial charge in [0.25, 0.3) is 0 Å². The lowest BCUT2D eigenvalue weighted by atomic mass is 9.93. The molecule has 1 fully saturated rings. The molecule has 0 saturated carbocycles. The molecule has 1 aromatic rings. The highest BCUT2D eigenvalue weighted by Gasteiger charge is 2.26. The van der Waals surface area contributed by atoms with Gasteiger partial charge in [0.2, 0.25) is 0 Å². The number of ketones is 1. The Morgan fingerprint density at radius 2 is 2.17 bits per heavy atom. The van der Waals surface area contributed by atoms with Gasteiger partial charge in [-0.25, -0.2) is 0 Å². The number of aromatic nitrogens is 1. The summed E-state index contributed by atoms with van der Waals surface area (Å²) in [5.74, 6) is 0.307. The monoisotopic (exact) mass is 249 g/mol. The first-order valence-electron chi connectivity index (χ1n) is 5.93. The van der Waals surface area contributed by atoms with Gasteiger partial charge in [0.1, 0.15) is 17.7 Å². The Bertz CT molecular complexity index is 467. The molecular formula is C12H15N3O3. The average Bonchev–Trinajstić information content (AvgIpc) is 2.39. The van der Waals surface area contributed by atoms with E-state index < -0.39 is 4.92 Å². The van der Waals surface area contributed by atoms with Crippen LogP contribution >= 0.6 is 0 Å². The molecule has 96 valence electrons. The number of hydrogen-bond donors (Lipinski definition) is 0. The molecule has 0 unspecified atom stereocenters. The molecule has 2 heterocycles. The molecular weight excluding hydrogens is 234 g/mol. The number of pyridine rings is 1. The minimum absolute atomic E-state index is 0.0266. The van der Waals surface area contributed by atoms with E-state index in [1.54, 1.807) is 19.2 Å². The van der Waals surface area contributed by atoms with Gasteiger partial charge in [-0.05, 0) is 25.8 Å². The number of nitro groups is 1. The Morgan fingerprint density at radius 1 is 1.50 bits per heavy atom. The lowest BCUT2D eigenvalue weighted by Crippen LogP contribution is -2.36. The molecule has 0 bridgehead atoms. The van der Waals surface area contributed by atoms with E-state index in [1.165, 1.54) is 6.20 Å². The Balaban J connectivity index is 2.15. The van der Waals surface area contributed by atoms with Gasteiger partial charge in [-0.3, -0.25) is 19.9 Å². The van der Waals surface area contributed by atoms with Crippen molar-refractivity contribution in [3.63, 3.8) is 0 Å². The van der Waals surface area contributed by atoms with E-state index in [1.807, 2.05) is 4.90 Å². The molecule has 6 nitrogen and oxygen atoms in total. The first-order chi connectivity index (χ1) is 8.59. The average molecular weight is 249 g/mol. The van der Waals surface area contributed by atoms with Crippen LogP contribution in [0.4, 0.5) is 11.4 Å². The van der Waals surface area contributed by atoms with Crippen LogP contribution < -0.4 is 4.90 Å². The zero-order valence-corrected chi connectivity index (χ0v) is 10.2. The summed E-state index contributed by atoms with van der Waals surface area (Å²) in [6.45, 7) is 2.96. The van der Waals surface area contributed by atoms with Crippen molar-refractivity contribution in [1.29, 1.82) is 0 Å². The minimum atomic E-state index is -0.417. The molecule has 1 saturated heterocycles. The number of nitrogens with zero attached hydrogens (tertiary/aromatic N) is 3. The predicted octanol–water partition coefficient (Wildman–Crippen LogP) is 1.80. The minimum Gasteiger partial charge on any atom is -0.366 e. The number of Topliss-reactive ketones (excluding diaryl/α,β-unsaturated/α-hetero) is 1. The van der Waals surface area contributed by atoms with Gasteiger partial charge >= 0.3 is 5.69 Å². The van der Waals surface area contributed by atoms with E-state index >= 15 is 0 Å². The number of carbonyl (C=O) groups is 1. The van der Waals surface area contributed by atoms with Crippen molar-refractivity contribution < 1.29 is 9.72 Å². The molecule has 0 spiro atoms. The Kier molecular flexibility index (Phi) is 3.55. The predicted molar refractivity (Wildman–Crippen MR) is 66.5 cm³/mol. The first-order valence-corrected chi connectivity index (χ1v) is 5.93. The normalized spacial score (nSPS) is 16.6. The summed E-state index contributed by atoms with van der Waals surface area (Å²) in [6.07, 6.45) is 4.34. The third-order valence-corrected chi connectivity index (χ3v) is 3.38. The lowest BCUT2D eigenvalue weighted by molar-refractivity contribution is -0.384. The third kappa shape index (κ3) is 2.47. The standard InChI is InChI=1S/C12H15N3O3/c1-9(16)10-3-6-14(7-4-10)11-2-5-13-8-12(11)15(17)18/h2,5,8,10H,3-4,6-7H2,1H3. The molecule has 1 aliphatic rings. The zero-order chi connectivity index (χ0) is 13.1. The quantitative estimate of drug-likeness (QED) is 0.603. The second-order valence-corrected chi connectivity index (χ2v) is 4.49. The van der Waals surface area contributed by atoms with Crippen LogP contribution in [-0.2, 0) is 4.79 Å². The number of carbonyl (C=O) groups excluding carboxylic acids is 1. The van der Waals surface area contributed by atoms with E-state index in [2.05, 4.69) is 4.98 Å². The van der Waals surface area contributed by atoms with E-state index in [4.69, 9.17) is 0 Å². The fourth-order valence-corrected chi connectivity index (χ4v) is 2.31. The summed E-state index contributed by atoms with van der Waals surface area (Å²) >= 11 is 0. The molecule has 0 atom stereocenters. The smallest absolute Gasteiger partial charge is 0.310 e. The van der Waals surface area contributed by atoms with Crippen LogP contribution in [0.3, 0.4) is 0 Å². The Hall–Kier alpha value is -1.98.